The fourth-order valence-corrected chi connectivity index (χ4v) is 5.32. The molecule has 4 nitrogen and oxygen atoms in total. The van der Waals surface area contributed by atoms with Crippen molar-refractivity contribution in [1.29, 1.82) is 0 Å². The quantitative estimate of drug-likeness (QED) is 0.477. The average Bonchev–Trinajstić information content (AvgIpc) is 2.83. The first-order chi connectivity index (χ1) is 15.6. The Kier molecular flexibility index (Phi) is 7.71. The molecule has 2 aliphatic rings. The summed E-state index contributed by atoms with van der Waals surface area (Å²) in [5, 5.41) is 0. The van der Waals surface area contributed by atoms with E-state index in [2.05, 4.69) is 16.9 Å². The van der Waals surface area contributed by atoms with Crippen LogP contribution in [0.3, 0.4) is 0 Å². The molecule has 0 bridgehead atoms. The summed E-state index contributed by atoms with van der Waals surface area (Å²) < 4.78 is 40.0. The van der Waals surface area contributed by atoms with Gasteiger partial charge in [-0.15, -0.1) is 0 Å². The first-order valence-corrected chi connectivity index (χ1v) is 12.1. The number of ether oxygens (including phenoxy) is 2. The Labute approximate surface area is 189 Å². The van der Waals surface area contributed by atoms with Gasteiger partial charge in [0.15, 0.2) is 17.4 Å². The van der Waals surface area contributed by atoms with E-state index in [1.807, 2.05) is 0 Å². The van der Waals surface area contributed by atoms with Crippen LogP contribution >= 0.6 is 0 Å². The molecule has 1 aliphatic heterocycles. The van der Waals surface area contributed by atoms with Crippen LogP contribution in [0.1, 0.15) is 76.7 Å². The lowest BCUT2D eigenvalue weighted by Gasteiger charge is -2.37. The lowest BCUT2D eigenvalue weighted by Crippen LogP contribution is -2.34. The summed E-state index contributed by atoms with van der Waals surface area (Å²) in [7, 11) is 0. The molecule has 32 heavy (non-hydrogen) atoms. The molecule has 0 spiro atoms. The van der Waals surface area contributed by atoms with Gasteiger partial charge in [0.25, 0.3) is 0 Å². The van der Waals surface area contributed by atoms with Crippen molar-refractivity contribution in [2.75, 3.05) is 13.2 Å². The van der Waals surface area contributed by atoms with E-state index in [0.717, 1.165) is 43.8 Å². The van der Waals surface area contributed by atoms with Crippen molar-refractivity contribution >= 4 is 0 Å². The molecular weight excluding hydrogens is 410 g/mol. The molecule has 1 aromatic heterocycles. The van der Waals surface area contributed by atoms with Crippen molar-refractivity contribution in [2.24, 2.45) is 11.8 Å². The van der Waals surface area contributed by atoms with E-state index in [9.17, 15) is 8.78 Å². The highest BCUT2D eigenvalue weighted by Gasteiger charge is 2.32. The number of benzene rings is 1. The van der Waals surface area contributed by atoms with Crippen molar-refractivity contribution in [3.05, 3.63) is 41.7 Å². The van der Waals surface area contributed by atoms with Crippen molar-refractivity contribution < 1.29 is 18.3 Å². The van der Waals surface area contributed by atoms with Gasteiger partial charge >= 0.3 is 0 Å². The summed E-state index contributed by atoms with van der Waals surface area (Å²) in [5.41, 5.74) is 1.13. The van der Waals surface area contributed by atoms with Crippen molar-refractivity contribution in [3.8, 4) is 17.1 Å². The average molecular weight is 445 g/mol. The molecule has 174 valence electrons. The Hall–Kier alpha value is -2.08. The van der Waals surface area contributed by atoms with Gasteiger partial charge < -0.3 is 9.47 Å². The topological polar surface area (TPSA) is 44.2 Å². The molecule has 2 fully saturated rings. The normalized spacial score (nSPS) is 26.1. The van der Waals surface area contributed by atoms with Gasteiger partial charge in [-0.25, -0.2) is 14.4 Å². The lowest BCUT2D eigenvalue weighted by atomic mass is 9.75. The summed E-state index contributed by atoms with van der Waals surface area (Å²) in [6.07, 6.45) is 13.5. The Morgan fingerprint density at radius 1 is 0.969 bits per heavy atom. The number of hydrogen-bond donors (Lipinski definition) is 0. The Morgan fingerprint density at radius 3 is 2.34 bits per heavy atom. The number of aromatic nitrogens is 2. The molecule has 1 saturated carbocycles. The predicted molar refractivity (Wildman–Crippen MR) is 121 cm³/mol. The minimum Gasteiger partial charge on any atom is -0.491 e. The summed E-state index contributed by atoms with van der Waals surface area (Å²) in [5.74, 6) is -0.0613. The van der Waals surface area contributed by atoms with E-state index in [-0.39, 0.29) is 23.7 Å². The maximum atomic E-state index is 14.5. The molecule has 4 rings (SSSR count). The predicted octanol–water partition coefficient (Wildman–Crippen LogP) is 6.69. The molecule has 2 heterocycles. The van der Waals surface area contributed by atoms with E-state index in [1.54, 1.807) is 19.3 Å². The van der Waals surface area contributed by atoms with Crippen LogP contribution in [0.4, 0.5) is 8.78 Å². The van der Waals surface area contributed by atoms with Crippen molar-refractivity contribution in [2.45, 2.75) is 77.2 Å². The summed E-state index contributed by atoms with van der Waals surface area (Å²) in [6, 6.07) is 2.90. The number of nitrogens with zero attached hydrogens (tertiary/aromatic N) is 2. The zero-order valence-corrected chi connectivity index (χ0v) is 19.2. The Balaban J connectivity index is 1.34. The summed E-state index contributed by atoms with van der Waals surface area (Å²) in [4.78, 5) is 8.71. The molecule has 0 N–H and O–H groups in total. The maximum absolute atomic E-state index is 14.5. The second-order valence-corrected chi connectivity index (χ2v) is 9.23. The van der Waals surface area contributed by atoms with Crippen LogP contribution in [0, 0.1) is 23.5 Å². The van der Waals surface area contributed by atoms with Gasteiger partial charge in [0, 0.05) is 19.0 Å². The molecule has 2 aromatic rings. The van der Waals surface area contributed by atoms with Crippen LogP contribution in [0.2, 0.25) is 0 Å². The van der Waals surface area contributed by atoms with Crippen LogP contribution in [0.15, 0.2) is 24.5 Å². The largest absolute Gasteiger partial charge is 0.491 e. The minimum atomic E-state index is -0.999. The third-order valence-electron chi connectivity index (χ3n) is 7.13. The number of hydrogen-bond acceptors (Lipinski definition) is 4. The molecule has 1 saturated heterocycles. The van der Waals surface area contributed by atoms with Crippen LogP contribution in [0.5, 0.6) is 5.75 Å². The van der Waals surface area contributed by atoms with Crippen molar-refractivity contribution in [3.63, 3.8) is 0 Å². The standard InChI is InChI=1S/C26H34F2N2O2/c1-3-5-17-6-12-22(32-16-17)19-9-7-18(8-10-19)20-14-29-26(30-15-20)21-11-13-23(31-4-2)25(28)24(21)27/h11,13-15,17-19,22H,3-10,12,16H2,1-2H3. The molecule has 0 radical (unpaired) electrons. The van der Waals surface area contributed by atoms with Crippen molar-refractivity contribution in [1.82, 2.24) is 9.97 Å². The highest BCUT2D eigenvalue weighted by atomic mass is 19.2. The second kappa shape index (κ2) is 10.7. The van der Waals surface area contributed by atoms with Gasteiger partial charge in [0.05, 0.1) is 18.3 Å². The van der Waals surface area contributed by atoms with E-state index in [4.69, 9.17) is 9.47 Å². The third-order valence-corrected chi connectivity index (χ3v) is 7.13. The highest BCUT2D eigenvalue weighted by molar-refractivity contribution is 5.57. The zero-order chi connectivity index (χ0) is 22.5. The Morgan fingerprint density at radius 2 is 1.72 bits per heavy atom. The fraction of sp³-hybridized carbons (Fsp3) is 0.615. The second-order valence-electron chi connectivity index (χ2n) is 9.23. The minimum absolute atomic E-state index is 0.0528. The number of halogens is 2. The van der Waals surface area contributed by atoms with Crippen LogP contribution in [-0.4, -0.2) is 29.3 Å². The molecular formula is C26H34F2N2O2. The summed E-state index contributed by atoms with van der Waals surface area (Å²) in [6.45, 7) is 5.17. The first-order valence-electron chi connectivity index (χ1n) is 12.1. The molecule has 6 heteroatoms. The van der Waals surface area contributed by atoms with Gasteiger partial charge in [0.1, 0.15) is 0 Å². The fourth-order valence-electron chi connectivity index (χ4n) is 5.32. The van der Waals surface area contributed by atoms with Crippen LogP contribution < -0.4 is 4.74 Å². The van der Waals surface area contributed by atoms with Gasteiger partial charge in [-0.2, -0.15) is 4.39 Å². The Bertz CT molecular complexity index is 874. The molecule has 2 unspecified atom stereocenters. The van der Waals surface area contributed by atoms with E-state index >= 15 is 0 Å². The van der Waals surface area contributed by atoms with E-state index in [0.29, 0.717) is 17.9 Å². The monoisotopic (exact) mass is 444 g/mol. The SMILES string of the molecule is CCCC1CCC(C2CCC(c3cnc(-c4ccc(OCC)c(F)c4F)nc3)CC2)OC1. The maximum Gasteiger partial charge on any atom is 0.201 e. The zero-order valence-electron chi connectivity index (χ0n) is 19.2. The first kappa shape index (κ1) is 23.1. The van der Waals surface area contributed by atoms with Gasteiger partial charge in [-0.1, -0.05) is 13.3 Å². The van der Waals surface area contributed by atoms with Crippen LogP contribution in [0.25, 0.3) is 11.4 Å². The highest BCUT2D eigenvalue weighted by Crippen LogP contribution is 2.40. The molecule has 1 aliphatic carbocycles. The molecule has 1 aromatic carbocycles. The molecule has 2 atom stereocenters. The summed E-state index contributed by atoms with van der Waals surface area (Å²) >= 11 is 0. The van der Waals surface area contributed by atoms with E-state index in [1.165, 1.54) is 37.8 Å². The van der Waals surface area contributed by atoms with Crippen LogP contribution in [-0.2, 0) is 4.74 Å². The lowest BCUT2D eigenvalue weighted by molar-refractivity contribution is -0.0575. The van der Waals surface area contributed by atoms with Gasteiger partial charge in [-0.05, 0) is 87.3 Å². The number of rotatable bonds is 7. The third kappa shape index (κ3) is 5.11. The smallest absolute Gasteiger partial charge is 0.201 e. The van der Waals surface area contributed by atoms with E-state index < -0.39 is 11.6 Å². The van der Waals surface area contributed by atoms with Gasteiger partial charge in [-0.3, -0.25) is 0 Å². The van der Waals surface area contributed by atoms with Gasteiger partial charge in [0.2, 0.25) is 5.82 Å². The molecule has 0 amide bonds.